The van der Waals surface area contributed by atoms with Crippen LogP contribution in [0.4, 0.5) is 0 Å². The Bertz CT molecular complexity index is 832. The largest absolute Gasteiger partial charge is 0.349 e. The van der Waals surface area contributed by atoms with Crippen LogP contribution in [0.2, 0.25) is 0 Å². The van der Waals surface area contributed by atoms with Crippen molar-refractivity contribution in [1.29, 1.82) is 0 Å². The van der Waals surface area contributed by atoms with Gasteiger partial charge in [-0.25, -0.2) is 13.4 Å². The fourth-order valence-corrected chi connectivity index (χ4v) is 3.51. The topological polar surface area (TPSA) is 83.8 Å². The number of imidazole rings is 1. The van der Waals surface area contributed by atoms with Crippen LogP contribution in [-0.4, -0.2) is 61.5 Å². The number of carbonyl (C=O) groups is 1. The Morgan fingerprint density at radius 1 is 1.33 bits per heavy atom. The minimum absolute atomic E-state index is 0.122. The summed E-state index contributed by atoms with van der Waals surface area (Å²) in [4.78, 5) is 18.7. The van der Waals surface area contributed by atoms with E-state index < -0.39 is 9.84 Å². The van der Waals surface area contributed by atoms with Crippen molar-refractivity contribution in [2.24, 2.45) is 5.92 Å². The quantitative estimate of drug-likeness (QED) is 0.840. The first-order valence-electron chi connectivity index (χ1n) is 7.74. The second kappa shape index (κ2) is 6.90. The second-order valence-corrected chi connectivity index (χ2v) is 8.37. The first-order chi connectivity index (χ1) is 11.1. The Hall–Kier alpha value is -1.93. The third kappa shape index (κ3) is 3.76. The van der Waals surface area contributed by atoms with Crippen molar-refractivity contribution in [3.8, 4) is 0 Å². The molecular formula is C16H24N4O3S. The monoisotopic (exact) mass is 352 g/mol. The first kappa shape index (κ1) is 18.4. The van der Waals surface area contributed by atoms with Gasteiger partial charge >= 0.3 is 0 Å². The SMILES string of the molecule is CC(C)C(CNC(=O)c1nc(S(C)(=O)=O)n2ccccc12)N(C)C. The van der Waals surface area contributed by atoms with E-state index in [4.69, 9.17) is 0 Å². The molecule has 2 aromatic heterocycles. The maximum atomic E-state index is 12.5. The van der Waals surface area contributed by atoms with Gasteiger partial charge in [0, 0.05) is 25.0 Å². The molecule has 0 aliphatic heterocycles. The van der Waals surface area contributed by atoms with Crippen molar-refractivity contribution in [2.45, 2.75) is 25.0 Å². The number of hydrogen-bond acceptors (Lipinski definition) is 5. The van der Waals surface area contributed by atoms with Gasteiger partial charge in [0.2, 0.25) is 15.0 Å². The Labute approximate surface area is 142 Å². The Balaban J connectivity index is 2.34. The number of sulfone groups is 1. The molecule has 1 N–H and O–H groups in total. The molecule has 1 unspecified atom stereocenters. The summed E-state index contributed by atoms with van der Waals surface area (Å²) in [6.07, 6.45) is 2.67. The Morgan fingerprint density at radius 3 is 2.54 bits per heavy atom. The first-order valence-corrected chi connectivity index (χ1v) is 9.64. The zero-order chi connectivity index (χ0) is 18.1. The molecule has 0 aromatic carbocycles. The fraction of sp³-hybridized carbons (Fsp3) is 0.500. The molecular weight excluding hydrogens is 328 g/mol. The maximum Gasteiger partial charge on any atom is 0.272 e. The molecule has 0 bridgehead atoms. The molecule has 2 aromatic rings. The van der Waals surface area contributed by atoms with E-state index in [0.29, 0.717) is 18.0 Å². The lowest BCUT2D eigenvalue weighted by atomic mass is 10.0. The van der Waals surface area contributed by atoms with Crippen molar-refractivity contribution >= 4 is 21.3 Å². The summed E-state index contributed by atoms with van der Waals surface area (Å²) in [6.45, 7) is 4.64. The molecule has 2 rings (SSSR count). The number of fused-ring (bicyclic) bond motifs is 1. The minimum Gasteiger partial charge on any atom is -0.349 e. The average molecular weight is 352 g/mol. The third-order valence-electron chi connectivity index (χ3n) is 3.97. The molecule has 1 atom stereocenters. The van der Waals surface area contributed by atoms with Crippen LogP contribution in [0.5, 0.6) is 0 Å². The van der Waals surface area contributed by atoms with E-state index in [1.54, 1.807) is 24.4 Å². The summed E-state index contributed by atoms with van der Waals surface area (Å²) in [5, 5.41) is 2.74. The van der Waals surface area contributed by atoms with Crippen LogP contribution in [0.1, 0.15) is 24.3 Å². The number of aromatic nitrogens is 2. The van der Waals surface area contributed by atoms with Crippen LogP contribution in [-0.2, 0) is 9.84 Å². The van der Waals surface area contributed by atoms with E-state index in [1.165, 1.54) is 4.40 Å². The van der Waals surface area contributed by atoms with Crippen LogP contribution in [0, 0.1) is 5.92 Å². The number of likely N-dealkylation sites (N-methyl/N-ethyl adjacent to an activating group) is 1. The molecule has 132 valence electrons. The predicted molar refractivity (Wildman–Crippen MR) is 92.9 cm³/mol. The van der Waals surface area contributed by atoms with Gasteiger partial charge < -0.3 is 10.2 Å². The van der Waals surface area contributed by atoms with Crippen molar-refractivity contribution in [2.75, 3.05) is 26.9 Å². The molecule has 1 amide bonds. The highest BCUT2D eigenvalue weighted by Gasteiger charge is 2.24. The predicted octanol–water partition coefficient (Wildman–Crippen LogP) is 1.05. The van der Waals surface area contributed by atoms with Gasteiger partial charge in [0.15, 0.2) is 5.69 Å². The molecule has 0 saturated carbocycles. The highest BCUT2D eigenvalue weighted by atomic mass is 32.2. The lowest BCUT2D eigenvalue weighted by molar-refractivity contribution is 0.0931. The minimum atomic E-state index is -3.54. The number of pyridine rings is 1. The molecule has 0 saturated heterocycles. The second-order valence-electron chi connectivity index (χ2n) is 6.46. The molecule has 0 aliphatic rings. The molecule has 0 spiro atoms. The lowest BCUT2D eigenvalue weighted by Gasteiger charge is -2.27. The number of nitrogens with zero attached hydrogens (tertiary/aromatic N) is 3. The van der Waals surface area contributed by atoms with Crippen molar-refractivity contribution in [3.05, 3.63) is 30.1 Å². The number of amides is 1. The summed E-state index contributed by atoms with van der Waals surface area (Å²) in [5.41, 5.74) is 0.596. The van der Waals surface area contributed by atoms with E-state index in [-0.39, 0.29) is 22.8 Å². The average Bonchev–Trinajstić information content (AvgIpc) is 2.86. The molecule has 0 aliphatic carbocycles. The Morgan fingerprint density at radius 2 is 2.00 bits per heavy atom. The standard InChI is InChI=1S/C16H24N4O3S/c1-11(2)13(19(3)4)10-17-15(21)14-12-8-6-7-9-20(12)16(18-14)24(5,22)23/h6-9,11,13H,10H2,1-5H3,(H,17,21). The molecule has 0 fully saturated rings. The van der Waals surface area contributed by atoms with E-state index in [1.807, 2.05) is 14.1 Å². The van der Waals surface area contributed by atoms with Gasteiger partial charge in [0.25, 0.3) is 5.91 Å². The van der Waals surface area contributed by atoms with Crippen LogP contribution >= 0.6 is 0 Å². The van der Waals surface area contributed by atoms with Crippen LogP contribution in [0.15, 0.2) is 29.6 Å². The molecule has 7 nitrogen and oxygen atoms in total. The molecule has 0 radical (unpaired) electrons. The summed E-state index contributed by atoms with van der Waals surface area (Å²) in [5.74, 6) is -0.00767. The van der Waals surface area contributed by atoms with E-state index >= 15 is 0 Å². The summed E-state index contributed by atoms with van der Waals surface area (Å²) in [6, 6.07) is 5.31. The fourth-order valence-electron chi connectivity index (χ4n) is 2.73. The highest BCUT2D eigenvalue weighted by molar-refractivity contribution is 7.90. The summed E-state index contributed by atoms with van der Waals surface area (Å²) in [7, 11) is 0.389. The van der Waals surface area contributed by atoms with Crippen LogP contribution in [0.3, 0.4) is 0 Å². The summed E-state index contributed by atoms with van der Waals surface area (Å²) < 4.78 is 25.2. The van der Waals surface area contributed by atoms with Gasteiger partial charge in [0.1, 0.15) is 0 Å². The highest BCUT2D eigenvalue weighted by Crippen LogP contribution is 2.17. The Kier molecular flexibility index (Phi) is 5.29. The van der Waals surface area contributed by atoms with Crippen molar-refractivity contribution < 1.29 is 13.2 Å². The number of carbonyl (C=O) groups excluding carboxylic acids is 1. The van der Waals surface area contributed by atoms with Gasteiger partial charge in [-0.1, -0.05) is 19.9 Å². The van der Waals surface area contributed by atoms with Gasteiger partial charge in [-0.2, -0.15) is 0 Å². The zero-order valence-corrected chi connectivity index (χ0v) is 15.5. The lowest BCUT2D eigenvalue weighted by Crippen LogP contribution is -2.43. The smallest absolute Gasteiger partial charge is 0.272 e. The number of rotatable bonds is 6. The maximum absolute atomic E-state index is 12.5. The van der Waals surface area contributed by atoms with E-state index in [2.05, 4.69) is 29.0 Å². The van der Waals surface area contributed by atoms with E-state index in [9.17, 15) is 13.2 Å². The number of hydrogen-bond donors (Lipinski definition) is 1. The van der Waals surface area contributed by atoms with Gasteiger partial charge in [0.05, 0.1) is 5.52 Å². The van der Waals surface area contributed by atoms with Crippen molar-refractivity contribution in [3.63, 3.8) is 0 Å². The zero-order valence-electron chi connectivity index (χ0n) is 14.6. The van der Waals surface area contributed by atoms with Crippen LogP contribution in [0.25, 0.3) is 5.52 Å². The van der Waals surface area contributed by atoms with Crippen LogP contribution < -0.4 is 5.32 Å². The van der Waals surface area contributed by atoms with Crippen molar-refractivity contribution in [1.82, 2.24) is 19.6 Å². The normalized spacial score (nSPS) is 13.6. The molecule has 2 heterocycles. The molecule has 8 heteroatoms. The summed E-state index contributed by atoms with van der Waals surface area (Å²) >= 11 is 0. The molecule has 24 heavy (non-hydrogen) atoms. The number of nitrogens with one attached hydrogen (secondary N) is 1. The van der Waals surface area contributed by atoms with E-state index in [0.717, 1.165) is 6.26 Å². The van der Waals surface area contributed by atoms with Gasteiger partial charge in [-0.05, 0) is 32.1 Å². The van der Waals surface area contributed by atoms with Gasteiger partial charge in [-0.15, -0.1) is 0 Å². The third-order valence-corrected chi connectivity index (χ3v) is 4.92. The van der Waals surface area contributed by atoms with Gasteiger partial charge in [-0.3, -0.25) is 9.20 Å².